The van der Waals surface area contributed by atoms with Gasteiger partial charge in [0.2, 0.25) is 5.30 Å². The first-order valence-electron chi connectivity index (χ1n) is 13.5. The smallest absolute Gasteiger partial charge is 0.415 e. The van der Waals surface area contributed by atoms with Crippen LogP contribution in [0.25, 0.3) is 22.3 Å². The van der Waals surface area contributed by atoms with E-state index < -0.39 is 7.80 Å². The monoisotopic (exact) mass is 567 g/mol. The average molecular weight is 568 g/mol. The second kappa shape index (κ2) is 12.0. The molecule has 6 aromatic rings. The molecule has 1 unspecified atom stereocenters. The summed E-state index contributed by atoms with van der Waals surface area (Å²) in [5.41, 5.74) is 16.8. The normalized spacial score (nSPS) is 11.1. The predicted molar refractivity (Wildman–Crippen MR) is 172 cm³/mol. The molecule has 0 saturated carbocycles. The second-order valence-electron chi connectivity index (χ2n) is 9.75. The first-order valence-corrected chi connectivity index (χ1v) is 14.7. The first kappa shape index (κ1) is 26.8. The van der Waals surface area contributed by atoms with E-state index in [1.165, 1.54) is 0 Å². The Balaban J connectivity index is 1.30. The zero-order valence-electron chi connectivity index (χ0n) is 22.7. The van der Waals surface area contributed by atoms with Crippen LogP contribution in [0.3, 0.4) is 0 Å². The van der Waals surface area contributed by atoms with Crippen molar-refractivity contribution in [2.24, 2.45) is 0 Å². The minimum atomic E-state index is -1.84. The highest BCUT2D eigenvalue weighted by atomic mass is 31.1. The highest BCUT2D eigenvalue weighted by Crippen LogP contribution is 2.34. The Morgan fingerprint density at radius 2 is 0.881 bits per heavy atom. The molecule has 204 valence electrons. The minimum absolute atomic E-state index is 0.684. The Bertz CT molecular complexity index is 1820. The van der Waals surface area contributed by atoms with Crippen LogP contribution in [0.15, 0.2) is 146 Å². The fraction of sp³-hybridized carbons (Fsp3) is 0. The summed E-state index contributed by atoms with van der Waals surface area (Å²) in [6.45, 7) is 0. The van der Waals surface area contributed by atoms with Gasteiger partial charge in [-0.2, -0.15) is 0 Å². The Labute approximate surface area is 245 Å². The molecule has 0 aromatic heterocycles. The summed E-state index contributed by atoms with van der Waals surface area (Å²) in [6, 6.07) is 45.9. The maximum atomic E-state index is 13.9. The van der Waals surface area contributed by atoms with Crippen molar-refractivity contribution < 1.29 is 14.0 Å². The third-order valence-electron chi connectivity index (χ3n) is 6.79. The Morgan fingerprint density at radius 3 is 1.38 bits per heavy atom. The van der Waals surface area contributed by atoms with Crippen LogP contribution in [0.2, 0.25) is 0 Å². The van der Waals surface area contributed by atoms with Gasteiger partial charge in [0.25, 0.3) is 0 Å². The van der Waals surface area contributed by atoms with Gasteiger partial charge in [0.15, 0.2) is 5.30 Å². The molecule has 6 aromatic carbocycles. The van der Waals surface area contributed by atoms with Crippen molar-refractivity contribution in [1.82, 2.24) is 0 Å². The van der Waals surface area contributed by atoms with Crippen LogP contribution in [0.5, 0.6) is 23.0 Å². The van der Waals surface area contributed by atoms with Crippen molar-refractivity contribution in [3.05, 3.63) is 146 Å². The molecule has 0 aliphatic heterocycles. The van der Waals surface area contributed by atoms with Crippen LogP contribution in [0.1, 0.15) is 0 Å². The highest BCUT2D eigenvalue weighted by molar-refractivity contribution is 7.61. The SMILES string of the molecule is Nc1ccc(Oc2ccc(-c3ccc(-c4ccc(Oc5ccc(N)cc5)cc4)c([P+](=O)c4ccccc4)c3)cc2)cc1. The van der Waals surface area contributed by atoms with Crippen molar-refractivity contribution >= 4 is 29.8 Å². The van der Waals surface area contributed by atoms with E-state index in [0.29, 0.717) is 28.6 Å². The number of anilines is 2. The Morgan fingerprint density at radius 1 is 0.452 bits per heavy atom. The molecule has 0 heterocycles. The lowest BCUT2D eigenvalue weighted by Crippen LogP contribution is -2.10. The molecule has 0 aliphatic rings. The topological polar surface area (TPSA) is 87.6 Å². The third-order valence-corrected chi connectivity index (χ3v) is 8.37. The highest BCUT2D eigenvalue weighted by Gasteiger charge is 2.28. The molecule has 0 aliphatic carbocycles. The molecule has 4 N–H and O–H groups in total. The summed E-state index contributed by atoms with van der Waals surface area (Å²) in [7, 11) is -1.84. The first-order chi connectivity index (χ1) is 20.5. The van der Waals surface area contributed by atoms with Crippen LogP contribution in [0, 0.1) is 0 Å². The van der Waals surface area contributed by atoms with Crippen LogP contribution in [0.4, 0.5) is 11.4 Å². The number of hydrogen-bond acceptors (Lipinski definition) is 5. The molecule has 5 nitrogen and oxygen atoms in total. The molecular weight excluding hydrogens is 539 g/mol. The Hall–Kier alpha value is -5.38. The number of hydrogen-bond donors (Lipinski definition) is 2. The van der Waals surface area contributed by atoms with E-state index in [1.807, 2.05) is 115 Å². The zero-order valence-corrected chi connectivity index (χ0v) is 23.6. The standard InChI is InChI=1S/C36H28N2O3P/c37-28-11-19-32(20-12-28)40-30-15-6-25(7-16-30)27-10-23-35(36(24-27)42(39)34-4-2-1-3-5-34)26-8-17-31(18-9-26)41-33-21-13-29(38)14-22-33/h1-24H,37-38H2/q+1. The van der Waals surface area contributed by atoms with E-state index in [4.69, 9.17) is 20.9 Å². The second-order valence-corrected chi connectivity index (χ2v) is 11.3. The molecule has 0 bridgehead atoms. The van der Waals surface area contributed by atoms with Crippen LogP contribution in [-0.4, -0.2) is 0 Å². The number of nitrogens with two attached hydrogens (primary N) is 2. The van der Waals surface area contributed by atoms with E-state index in [1.54, 1.807) is 24.3 Å². The van der Waals surface area contributed by atoms with E-state index in [0.717, 1.165) is 38.6 Å². The summed E-state index contributed by atoms with van der Waals surface area (Å²) in [5, 5.41) is 1.55. The van der Waals surface area contributed by atoms with Crippen molar-refractivity contribution in [1.29, 1.82) is 0 Å². The fourth-order valence-electron chi connectivity index (χ4n) is 4.59. The number of nitrogen functional groups attached to an aromatic ring is 2. The Kier molecular flexibility index (Phi) is 7.67. The molecule has 1 atom stereocenters. The maximum Gasteiger partial charge on any atom is 0.415 e. The lowest BCUT2D eigenvalue weighted by atomic mass is 10.00. The molecule has 0 saturated heterocycles. The van der Waals surface area contributed by atoms with E-state index >= 15 is 0 Å². The summed E-state index contributed by atoms with van der Waals surface area (Å²) < 4.78 is 25.9. The van der Waals surface area contributed by atoms with Gasteiger partial charge >= 0.3 is 7.80 Å². The molecule has 0 amide bonds. The summed E-state index contributed by atoms with van der Waals surface area (Å²) in [5.74, 6) is 2.85. The van der Waals surface area contributed by atoms with Crippen LogP contribution in [-0.2, 0) is 4.57 Å². The van der Waals surface area contributed by atoms with Gasteiger partial charge < -0.3 is 20.9 Å². The largest absolute Gasteiger partial charge is 0.457 e. The van der Waals surface area contributed by atoms with Crippen molar-refractivity contribution in [3.63, 3.8) is 0 Å². The van der Waals surface area contributed by atoms with Gasteiger partial charge in [0.1, 0.15) is 23.0 Å². The van der Waals surface area contributed by atoms with Gasteiger partial charge in [-0.3, -0.25) is 0 Å². The minimum Gasteiger partial charge on any atom is -0.457 e. The van der Waals surface area contributed by atoms with Crippen LogP contribution >= 0.6 is 7.80 Å². The average Bonchev–Trinajstić information content (AvgIpc) is 3.04. The van der Waals surface area contributed by atoms with E-state index in [9.17, 15) is 4.57 Å². The molecule has 42 heavy (non-hydrogen) atoms. The quantitative estimate of drug-likeness (QED) is 0.142. The molecule has 0 spiro atoms. The lowest BCUT2D eigenvalue weighted by molar-refractivity contribution is 0.482. The lowest BCUT2D eigenvalue weighted by Gasteiger charge is -2.10. The molecular formula is C36H28N2O3P+. The number of benzene rings is 6. The zero-order chi connectivity index (χ0) is 28.9. The molecule has 0 radical (unpaired) electrons. The van der Waals surface area contributed by atoms with Crippen LogP contribution < -0.4 is 31.6 Å². The molecule has 6 rings (SSSR count). The van der Waals surface area contributed by atoms with Gasteiger partial charge in [0.05, 0.1) is 0 Å². The predicted octanol–water partition coefficient (Wildman–Crippen LogP) is 8.55. The summed E-state index contributed by atoms with van der Waals surface area (Å²) in [6.07, 6.45) is 0. The molecule has 6 heteroatoms. The van der Waals surface area contributed by atoms with Crippen molar-refractivity contribution in [2.75, 3.05) is 11.5 Å². The third kappa shape index (κ3) is 6.17. The number of rotatable bonds is 8. The van der Waals surface area contributed by atoms with E-state index in [-0.39, 0.29) is 0 Å². The number of ether oxygens (including phenoxy) is 2. The van der Waals surface area contributed by atoms with Gasteiger partial charge in [-0.25, -0.2) is 0 Å². The maximum absolute atomic E-state index is 13.9. The van der Waals surface area contributed by atoms with Crippen molar-refractivity contribution in [2.45, 2.75) is 0 Å². The molecule has 0 fully saturated rings. The van der Waals surface area contributed by atoms with Gasteiger partial charge in [-0.05, 0) is 108 Å². The fourth-order valence-corrected chi connectivity index (χ4v) is 5.99. The van der Waals surface area contributed by atoms with Gasteiger partial charge in [-0.1, -0.05) is 53.1 Å². The summed E-state index contributed by atoms with van der Waals surface area (Å²) in [4.78, 5) is 0. The van der Waals surface area contributed by atoms with E-state index in [2.05, 4.69) is 6.07 Å². The van der Waals surface area contributed by atoms with Gasteiger partial charge in [-0.15, -0.1) is 0 Å². The van der Waals surface area contributed by atoms with Crippen molar-refractivity contribution in [3.8, 4) is 45.3 Å². The summed E-state index contributed by atoms with van der Waals surface area (Å²) >= 11 is 0. The van der Waals surface area contributed by atoms with Gasteiger partial charge in [0, 0.05) is 23.0 Å².